The zero-order valence-electron chi connectivity index (χ0n) is 22.2. The maximum Gasteiger partial charge on any atom is 0.407 e. The molecule has 4 N–H and O–H groups in total. The SMILES string of the molecule is CC(C)(C)OC(=O)NCCCCCC(=O)O.CC(C)(C)OC(=O)NCCCCCC(=O)OCCO. The second kappa shape index (κ2) is 19.7. The molecule has 0 heterocycles. The molecule has 0 rings (SSSR count). The summed E-state index contributed by atoms with van der Waals surface area (Å²) in [6.07, 6.45) is 4.20. The topological polar surface area (TPSA) is 160 Å². The molecule has 35 heavy (non-hydrogen) atoms. The quantitative estimate of drug-likeness (QED) is 0.156. The molecule has 206 valence electrons. The van der Waals surface area contributed by atoms with Crippen molar-refractivity contribution in [3.05, 3.63) is 0 Å². The third kappa shape index (κ3) is 31.4. The number of unbranched alkanes of at least 4 members (excludes halogenated alkanes) is 4. The molecular formula is C24H46N2O9. The van der Waals surface area contributed by atoms with Crippen LogP contribution in [-0.2, 0) is 23.8 Å². The van der Waals surface area contributed by atoms with Crippen molar-refractivity contribution in [2.45, 2.75) is 104 Å². The van der Waals surface area contributed by atoms with Crippen molar-refractivity contribution in [2.75, 3.05) is 26.3 Å². The number of ether oxygens (including phenoxy) is 3. The van der Waals surface area contributed by atoms with Gasteiger partial charge in [-0.1, -0.05) is 12.8 Å². The molecule has 0 spiro atoms. The van der Waals surface area contributed by atoms with Crippen LogP contribution in [0.25, 0.3) is 0 Å². The first-order chi connectivity index (χ1) is 16.2. The van der Waals surface area contributed by atoms with Gasteiger partial charge in [-0.3, -0.25) is 9.59 Å². The predicted octanol–water partition coefficient (Wildman–Crippen LogP) is 3.76. The third-order valence-corrected chi connectivity index (χ3v) is 3.82. The molecule has 0 bridgehead atoms. The number of aliphatic carboxylic acids is 1. The van der Waals surface area contributed by atoms with Crippen molar-refractivity contribution >= 4 is 24.1 Å². The third-order valence-electron chi connectivity index (χ3n) is 3.82. The van der Waals surface area contributed by atoms with Crippen LogP contribution in [0.3, 0.4) is 0 Å². The number of amides is 2. The zero-order chi connectivity index (χ0) is 27.3. The number of aliphatic hydroxyl groups is 1. The van der Waals surface area contributed by atoms with Crippen LogP contribution < -0.4 is 10.6 Å². The number of hydrogen-bond acceptors (Lipinski definition) is 8. The number of alkyl carbamates (subject to hydrolysis) is 2. The van der Waals surface area contributed by atoms with Gasteiger partial charge in [0.05, 0.1) is 6.61 Å². The lowest BCUT2D eigenvalue weighted by atomic mass is 10.2. The van der Waals surface area contributed by atoms with Crippen LogP contribution in [0, 0.1) is 0 Å². The van der Waals surface area contributed by atoms with Gasteiger partial charge in [0, 0.05) is 25.9 Å². The second-order valence-electron chi connectivity index (χ2n) is 9.82. The Morgan fingerprint density at radius 1 is 0.686 bits per heavy atom. The summed E-state index contributed by atoms with van der Waals surface area (Å²) in [5, 5.41) is 22.1. The zero-order valence-corrected chi connectivity index (χ0v) is 22.2. The summed E-state index contributed by atoms with van der Waals surface area (Å²) in [4.78, 5) is 43.7. The van der Waals surface area contributed by atoms with Gasteiger partial charge in [-0.25, -0.2) is 9.59 Å². The number of carbonyl (C=O) groups is 4. The largest absolute Gasteiger partial charge is 0.481 e. The van der Waals surface area contributed by atoms with Crippen LogP contribution in [0.1, 0.15) is 92.9 Å². The monoisotopic (exact) mass is 506 g/mol. The van der Waals surface area contributed by atoms with Gasteiger partial charge in [-0.2, -0.15) is 0 Å². The number of aliphatic hydroxyl groups excluding tert-OH is 1. The van der Waals surface area contributed by atoms with Crippen LogP contribution in [0.15, 0.2) is 0 Å². The van der Waals surface area contributed by atoms with Gasteiger partial charge in [-0.15, -0.1) is 0 Å². The van der Waals surface area contributed by atoms with E-state index in [9.17, 15) is 19.2 Å². The first-order valence-corrected chi connectivity index (χ1v) is 12.1. The van der Waals surface area contributed by atoms with E-state index in [1.165, 1.54) is 0 Å². The first kappa shape index (κ1) is 34.6. The van der Waals surface area contributed by atoms with Gasteiger partial charge in [0.1, 0.15) is 17.8 Å². The van der Waals surface area contributed by atoms with Gasteiger partial charge in [0.2, 0.25) is 0 Å². The van der Waals surface area contributed by atoms with Crippen LogP contribution in [0.5, 0.6) is 0 Å². The molecule has 0 aromatic heterocycles. The molecule has 11 nitrogen and oxygen atoms in total. The highest BCUT2D eigenvalue weighted by molar-refractivity contribution is 5.69. The Morgan fingerprint density at radius 3 is 1.49 bits per heavy atom. The van der Waals surface area contributed by atoms with E-state index in [1.807, 2.05) is 20.8 Å². The van der Waals surface area contributed by atoms with E-state index >= 15 is 0 Å². The Morgan fingerprint density at radius 2 is 1.11 bits per heavy atom. The van der Waals surface area contributed by atoms with Crippen LogP contribution in [0.2, 0.25) is 0 Å². The molecule has 0 aliphatic rings. The lowest BCUT2D eigenvalue weighted by Crippen LogP contribution is -2.33. The summed E-state index contributed by atoms with van der Waals surface area (Å²) in [6.45, 7) is 11.8. The highest BCUT2D eigenvalue weighted by Gasteiger charge is 2.16. The Hall–Kier alpha value is -2.56. The fraction of sp³-hybridized carbons (Fsp3) is 0.833. The van der Waals surface area contributed by atoms with E-state index in [4.69, 9.17) is 24.4 Å². The van der Waals surface area contributed by atoms with Crippen molar-refractivity contribution in [3.8, 4) is 0 Å². The van der Waals surface area contributed by atoms with Gasteiger partial charge >= 0.3 is 24.1 Å². The molecule has 0 radical (unpaired) electrons. The van der Waals surface area contributed by atoms with Crippen molar-refractivity contribution in [1.82, 2.24) is 10.6 Å². The number of carbonyl (C=O) groups excluding carboxylic acids is 3. The molecule has 0 unspecified atom stereocenters. The predicted molar refractivity (Wildman–Crippen MR) is 131 cm³/mol. The molecule has 11 heteroatoms. The minimum Gasteiger partial charge on any atom is -0.481 e. The van der Waals surface area contributed by atoms with Crippen molar-refractivity contribution < 1.29 is 43.6 Å². The molecule has 0 aliphatic carbocycles. The highest BCUT2D eigenvalue weighted by Crippen LogP contribution is 2.07. The van der Waals surface area contributed by atoms with Gasteiger partial charge in [-0.05, 0) is 67.2 Å². The van der Waals surface area contributed by atoms with Crippen molar-refractivity contribution in [2.24, 2.45) is 0 Å². The lowest BCUT2D eigenvalue weighted by Gasteiger charge is -2.19. The van der Waals surface area contributed by atoms with E-state index in [-0.39, 0.29) is 25.6 Å². The fourth-order valence-electron chi connectivity index (χ4n) is 2.39. The molecule has 2 amide bonds. The van der Waals surface area contributed by atoms with Crippen LogP contribution in [0.4, 0.5) is 9.59 Å². The summed E-state index contributed by atoms with van der Waals surface area (Å²) in [5.41, 5.74) is -0.964. The summed E-state index contributed by atoms with van der Waals surface area (Å²) < 4.78 is 14.8. The number of carboxylic acid groups (broad SMARTS) is 1. The summed E-state index contributed by atoms with van der Waals surface area (Å²) in [5.74, 6) is -1.07. The Labute approximate surface area is 209 Å². The minimum absolute atomic E-state index is 0.0546. The molecule has 0 fully saturated rings. The summed E-state index contributed by atoms with van der Waals surface area (Å²) in [7, 11) is 0. The number of rotatable bonds is 14. The highest BCUT2D eigenvalue weighted by atomic mass is 16.6. The van der Waals surface area contributed by atoms with E-state index in [0.29, 0.717) is 32.4 Å². The molecule has 0 saturated heterocycles. The molecule has 0 aromatic carbocycles. The van der Waals surface area contributed by atoms with Crippen LogP contribution in [-0.4, -0.2) is 71.8 Å². The number of esters is 1. The van der Waals surface area contributed by atoms with E-state index in [2.05, 4.69) is 10.6 Å². The Bertz CT molecular complexity index is 611. The maximum absolute atomic E-state index is 11.3. The lowest BCUT2D eigenvalue weighted by molar-refractivity contribution is -0.144. The van der Waals surface area contributed by atoms with E-state index in [1.54, 1.807) is 20.8 Å². The van der Waals surface area contributed by atoms with Crippen molar-refractivity contribution in [1.29, 1.82) is 0 Å². The maximum atomic E-state index is 11.3. The first-order valence-electron chi connectivity index (χ1n) is 12.1. The van der Waals surface area contributed by atoms with Gasteiger partial charge < -0.3 is 35.1 Å². The number of nitrogens with one attached hydrogen (secondary N) is 2. The molecular weight excluding hydrogens is 460 g/mol. The second-order valence-corrected chi connectivity index (χ2v) is 9.82. The van der Waals surface area contributed by atoms with E-state index < -0.39 is 29.4 Å². The molecule has 0 aromatic rings. The standard InChI is InChI=1S/C13H25NO5.C11H21NO4/c1-13(2,3)19-12(17)14-8-6-4-5-7-11(16)18-10-9-15;1-11(2,3)16-10(15)12-8-6-4-5-7-9(13)14/h15H,4-10H2,1-3H3,(H,14,17);4-8H2,1-3H3,(H,12,15)(H,13,14). The average Bonchev–Trinajstić information content (AvgIpc) is 2.69. The minimum atomic E-state index is -0.778. The molecule has 0 atom stereocenters. The van der Waals surface area contributed by atoms with Gasteiger partial charge in [0.15, 0.2) is 0 Å². The Kier molecular flexibility index (Phi) is 19.5. The number of carboxylic acids is 1. The fourth-order valence-corrected chi connectivity index (χ4v) is 2.39. The van der Waals surface area contributed by atoms with Crippen molar-refractivity contribution in [3.63, 3.8) is 0 Å². The molecule has 0 aliphatic heterocycles. The normalized spacial score (nSPS) is 10.9. The Balaban J connectivity index is 0. The average molecular weight is 507 g/mol. The summed E-state index contributed by atoms with van der Waals surface area (Å²) >= 11 is 0. The molecule has 0 saturated carbocycles. The summed E-state index contributed by atoms with van der Waals surface area (Å²) in [6, 6.07) is 0. The smallest absolute Gasteiger partial charge is 0.407 e. The van der Waals surface area contributed by atoms with Crippen LogP contribution >= 0.6 is 0 Å². The van der Waals surface area contributed by atoms with Gasteiger partial charge in [0.25, 0.3) is 0 Å². The van der Waals surface area contributed by atoms with E-state index in [0.717, 1.165) is 25.7 Å². The number of hydrogen-bond donors (Lipinski definition) is 4.